The van der Waals surface area contributed by atoms with E-state index < -0.39 is 142 Å². The average Bonchev–Trinajstić information content (AvgIpc) is 3.81. The fourth-order valence-electron chi connectivity index (χ4n) is 15.3. The Morgan fingerprint density at radius 1 is 0.603 bits per heavy atom. The van der Waals surface area contributed by atoms with E-state index in [9.17, 15) is 71.5 Å². The van der Waals surface area contributed by atoms with Gasteiger partial charge < -0.3 is 114 Å². The third-order valence-corrected chi connectivity index (χ3v) is 19.7. The second-order valence-corrected chi connectivity index (χ2v) is 23.9. The highest BCUT2D eigenvalue weighted by Crippen LogP contribution is 2.71. The zero-order valence-electron chi connectivity index (χ0n) is 42.2. The maximum atomic E-state index is 12.1. The molecule has 0 spiro atoms. The van der Waals surface area contributed by atoms with Crippen LogP contribution in [0, 0.1) is 52.3 Å². The number of rotatable bonds is 15. The first-order valence-electron chi connectivity index (χ1n) is 26.8. The van der Waals surface area contributed by atoms with Gasteiger partial charge in [-0.25, -0.2) is 0 Å². The molecule has 0 amide bonds. The molecule has 0 aromatic rings. The third-order valence-electron chi connectivity index (χ3n) is 19.7. The number of fused-ring (bicyclic) bond motifs is 7. The van der Waals surface area contributed by atoms with Crippen molar-refractivity contribution in [2.24, 2.45) is 52.3 Å². The minimum Gasteiger partial charge on any atom is -0.394 e. The molecule has 4 aliphatic carbocycles. The van der Waals surface area contributed by atoms with Crippen molar-refractivity contribution in [3.05, 3.63) is 0 Å². The highest BCUT2D eigenvalue weighted by Gasteiger charge is 2.68. The first-order valence-corrected chi connectivity index (χ1v) is 26.8. The third kappa shape index (κ3) is 10.5. The lowest BCUT2D eigenvalue weighted by molar-refractivity contribution is -0.369. The fraction of sp³-hybridized carbons (Fsp3) is 1.00. The summed E-state index contributed by atoms with van der Waals surface area (Å²) in [7, 11) is 0. The minimum absolute atomic E-state index is 0.00801. The van der Waals surface area contributed by atoms with Crippen molar-refractivity contribution in [3.63, 3.8) is 0 Å². The first kappa shape index (κ1) is 56.8. The van der Waals surface area contributed by atoms with Crippen LogP contribution < -0.4 is 0 Å². The van der Waals surface area contributed by atoms with E-state index in [-0.39, 0.29) is 54.0 Å². The van der Waals surface area contributed by atoms with Gasteiger partial charge >= 0.3 is 0 Å². The molecule has 0 radical (unpaired) electrons. The van der Waals surface area contributed by atoms with Gasteiger partial charge in [0.05, 0.1) is 45.2 Å². The standard InChI is InChI=1S/C50H84O23/c1-20(17-65-45-40(61)36(57)34(55)29(15-51)69-45)7-12-50(64)21(2)32-28(73-50)14-26-24-6-5-22-13-23(8-10-48(22,3)25(24)9-11-49(26,32)4)68-46-42(63)38(59)43(72-47-41(62)37(58)35(56)30(16-52)70-47)31(71-46)19-67-44-39(60)33(54)27(53)18-66-44/h20-47,51-64H,5-19H2,1-4H3. The zero-order valence-corrected chi connectivity index (χ0v) is 42.2. The maximum absolute atomic E-state index is 12.1. The molecule has 422 valence electrons. The van der Waals surface area contributed by atoms with Crippen LogP contribution in [-0.4, -0.2) is 239 Å². The lowest BCUT2D eigenvalue weighted by Gasteiger charge is -2.61. The van der Waals surface area contributed by atoms with Gasteiger partial charge in [-0.3, -0.25) is 0 Å². The molecule has 9 aliphatic rings. The summed E-state index contributed by atoms with van der Waals surface area (Å²) in [6.07, 6.45) is -21.2. The van der Waals surface area contributed by atoms with Crippen LogP contribution in [-0.2, 0) is 42.6 Å². The van der Waals surface area contributed by atoms with Crippen LogP contribution in [0.3, 0.4) is 0 Å². The Bertz CT molecular complexity index is 1820. The number of aliphatic hydroxyl groups is 14. The largest absolute Gasteiger partial charge is 0.394 e. The summed E-state index contributed by atoms with van der Waals surface area (Å²) in [5.74, 6) is 0.309. The normalized spacial score (nSPS) is 55.6. The Morgan fingerprint density at radius 2 is 1.21 bits per heavy atom. The van der Waals surface area contributed by atoms with Gasteiger partial charge in [-0.1, -0.05) is 27.7 Å². The molecule has 4 saturated carbocycles. The SMILES string of the molecule is CC(CCC1(O)OC2CC3C4CCC5CC(OC6OC(COC7OCC(O)C(O)C7O)C(OC7OC(CO)C(O)C(O)C7O)C(O)C6O)CCC5(C)C4CCC3(C)C2C1C)COC1OC(CO)C(O)C(O)C1O. The van der Waals surface area contributed by atoms with Crippen molar-refractivity contribution in [2.45, 2.75) is 227 Å². The van der Waals surface area contributed by atoms with Crippen molar-refractivity contribution >= 4 is 0 Å². The number of hydrogen-bond acceptors (Lipinski definition) is 23. The monoisotopic (exact) mass is 1050 g/mol. The van der Waals surface area contributed by atoms with Crippen molar-refractivity contribution < 1.29 is 114 Å². The van der Waals surface area contributed by atoms with E-state index in [1.54, 1.807) is 0 Å². The summed E-state index contributed by atoms with van der Waals surface area (Å²) in [4.78, 5) is 0. The van der Waals surface area contributed by atoms with E-state index in [2.05, 4.69) is 20.8 Å². The van der Waals surface area contributed by atoms with Gasteiger partial charge in [0, 0.05) is 12.3 Å². The average molecular weight is 1050 g/mol. The fourth-order valence-corrected chi connectivity index (χ4v) is 15.3. The van der Waals surface area contributed by atoms with E-state index in [4.69, 9.17) is 42.6 Å². The first-order chi connectivity index (χ1) is 34.5. The van der Waals surface area contributed by atoms with Gasteiger partial charge in [-0.2, -0.15) is 0 Å². The van der Waals surface area contributed by atoms with Crippen LogP contribution in [0.25, 0.3) is 0 Å². The van der Waals surface area contributed by atoms with Gasteiger partial charge in [0.2, 0.25) is 0 Å². The van der Waals surface area contributed by atoms with Gasteiger partial charge in [-0.15, -0.1) is 0 Å². The number of hydrogen-bond donors (Lipinski definition) is 14. The summed E-state index contributed by atoms with van der Waals surface area (Å²) in [5, 5.41) is 148. The van der Waals surface area contributed by atoms with Gasteiger partial charge in [-0.05, 0) is 104 Å². The number of aliphatic hydroxyl groups excluding tert-OH is 13. The van der Waals surface area contributed by atoms with Crippen LogP contribution in [0.5, 0.6) is 0 Å². The molecule has 23 heteroatoms. The minimum atomic E-state index is -1.84. The Kier molecular flexibility index (Phi) is 17.4. The molecule has 5 heterocycles. The molecule has 5 saturated heterocycles. The molecule has 31 atom stereocenters. The van der Waals surface area contributed by atoms with Crippen LogP contribution in [0.4, 0.5) is 0 Å². The van der Waals surface area contributed by atoms with Crippen molar-refractivity contribution in [2.75, 3.05) is 33.0 Å². The molecule has 31 unspecified atom stereocenters. The smallest absolute Gasteiger partial charge is 0.187 e. The van der Waals surface area contributed by atoms with E-state index in [1.165, 1.54) is 0 Å². The quantitative estimate of drug-likeness (QED) is 0.0714. The summed E-state index contributed by atoms with van der Waals surface area (Å²) in [5.41, 5.74) is -0.0205. The Labute approximate surface area is 425 Å². The molecular formula is C50H84O23. The van der Waals surface area contributed by atoms with Gasteiger partial charge in [0.25, 0.3) is 0 Å². The predicted octanol–water partition coefficient (Wildman–Crippen LogP) is -3.32. The zero-order chi connectivity index (χ0) is 52.6. The highest BCUT2D eigenvalue weighted by atomic mass is 16.8. The van der Waals surface area contributed by atoms with Crippen molar-refractivity contribution in [1.82, 2.24) is 0 Å². The molecule has 14 N–H and O–H groups in total. The van der Waals surface area contributed by atoms with E-state index in [0.29, 0.717) is 49.4 Å². The molecule has 5 aliphatic heterocycles. The van der Waals surface area contributed by atoms with Gasteiger partial charge in [0.1, 0.15) is 91.6 Å². The van der Waals surface area contributed by atoms with Crippen LogP contribution >= 0.6 is 0 Å². The molecule has 9 fully saturated rings. The lowest BCUT2D eigenvalue weighted by atomic mass is 9.44. The second-order valence-electron chi connectivity index (χ2n) is 23.9. The lowest BCUT2D eigenvalue weighted by Crippen LogP contribution is -2.65. The molecule has 73 heavy (non-hydrogen) atoms. The summed E-state index contributed by atoms with van der Waals surface area (Å²) < 4.78 is 53.5. The highest BCUT2D eigenvalue weighted by molar-refractivity contribution is 5.15. The van der Waals surface area contributed by atoms with Crippen molar-refractivity contribution in [3.8, 4) is 0 Å². The van der Waals surface area contributed by atoms with E-state index in [0.717, 1.165) is 38.5 Å². The molecule has 9 rings (SSSR count). The molecular weight excluding hydrogens is 969 g/mol. The Balaban J connectivity index is 0.805. The Morgan fingerprint density at radius 3 is 1.89 bits per heavy atom. The molecule has 0 bridgehead atoms. The second kappa shape index (κ2) is 22.3. The molecule has 0 aromatic carbocycles. The van der Waals surface area contributed by atoms with Crippen LogP contribution in [0.15, 0.2) is 0 Å². The summed E-state index contributed by atoms with van der Waals surface area (Å²) in [6.45, 7) is 6.91. The molecule has 0 aromatic heterocycles. The Hall–Kier alpha value is -0.920. The van der Waals surface area contributed by atoms with Crippen LogP contribution in [0.1, 0.15) is 91.9 Å². The summed E-state index contributed by atoms with van der Waals surface area (Å²) in [6, 6.07) is 0. The topological polar surface area (TPSA) is 366 Å². The summed E-state index contributed by atoms with van der Waals surface area (Å²) >= 11 is 0. The predicted molar refractivity (Wildman–Crippen MR) is 246 cm³/mol. The maximum Gasteiger partial charge on any atom is 0.187 e. The van der Waals surface area contributed by atoms with E-state index >= 15 is 0 Å². The van der Waals surface area contributed by atoms with Crippen molar-refractivity contribution in [1.29, 1.82) is 0 Å². The van der Waals surface area contributed by atoms with Crippen LogP contribution in [0.2, 0.25) is 0 Å². The number of ether oxygens (including phenoxy) is 9. The van der Waals surface area contributed by atoms with Gasteiger partial charge in [0.15, 0.2) is 30.9 Å². The molecule has 23 nitrogen and oxygen atoms in total. The van der Waals surface area contributed by atoms with E-state index in [1.807, 2.05) is 6.92 Å².